The second-order valence-electron chi connectivity index (χ2n) is 17.2. The monoisotopic (exact) mass is 914 g/mol. The van der Waals surface area contributed by atoms with E-state index in [1.807, 2.05) is 4.90 Å². The molecule has 0 bridgehead atoms. The van der Waals surface area contributed by atoms with Gasteiger partial charge < -0.3 is 40.5 Å². The molecular formula is C48H53F7N4O6. The van der Waals surface area contributed by atoms with Crippen molar-refractivity contribution < 1.29 is 60.0 Å². The van der Waals surface area contributed by atoms with Gasteiger partial charge in [0.2, 0.25) is 5.78 Å². The fourth-order valence-corrected chi connectivity index (χ4v) is 7.97. The van der Waals surface area contributed by atoms with Crippen molar-refractivity contribution in [3.63, 3.8) is 0 Å². The normalized spacial score (nSPS) is 18.9. The number of aliphatic hydroxyl groups is 2. The van der Waals surface area contributed by atoms with Crippen LogP contribution in [0.3, 0.4) is 0 Å². The van der Waals surface area contributed by atoms with E-state index in [9.17, 15) is 50.5 Å². The Morgan fingerprint density at radius 3 is 1.52 bits per heavy atom. The molecule has 2 saturated heterocycles. The summed E-state index contributed by atoms with van der Waals surface area (Å²) >= 11 is 0. The van der Waals surface area contributed by atoms with Crippen LogP contribution in [0.15, 0.2) is 84.9 Å². The molecule has 8 rings (SSSR count). The quantitative estimate of drug-likeness (QED) is 0.0498. The Morgan fingerprint density at radius 1 is 0.646 bits per heavy atom. The number of alkyl halides is 6. The van der Waals surface area contributed by atoms with Crippen LogP contribution in [0.2, 0.25) is 0 Å². The van der Waals surface area contributed by atoms with Gasteiger partial charge in [0.05, 0.1) is 35.5 Å². The fourth-order valence-electron chi connectivity index (χ4n) is 7.97. The molecule has 4 atom stereocenters. The second-order valence-corrected chi connectivity index (χ2v) is 17.2. The molecular weight excluding hydrogens is 862 g/mol. The Hall–Kier alpha value is -5.07. The van der Waals surface area contributed by atoms with Gasteiger partial charge >= 0.3 is 12.4 Å². The molecule has 2 heterocycles. The maximum atomic E-state index is 13.8. The third-order valence-corrected chi connectivity index (χ3v) is 11.9. The lowest BCUT2D eigenvalue weighted by Crippen LogP contribution is -2.48. The smallest absolute Gasteiger partial charge is 0.419 e. The average molecular weight is 915 g/mol. The van der Waals surface area contributed by atoms with E-state index in [2.05, 4.69) is 10.2 Å². The van der Waals surface area contributed by atoms with E-state index in [4.69, 9.17) is 15.2 Å². The first-order valence-electron chi connectivity index (χ1n) is 22.0. The van der Waals surface area contributed by atoms with Crippen molar-refractivity contribution in [1.29, 1.82) is 0 Å². The van der Waals surface area contributed by atoms with Gasteiger partial charge in [-0.2, -0.15) is 26.3 Å². The molecule has 0 aromatic heterocycles. The van der Waals surface area contributed by atoms with Crippen LogP contribution >= 0.6 is 0 Å². The Balaban J connectivity index is 0.000000223. The van der Waals surface area contributed by atoms with Crippen molar-refractivity contribution in [1.82, 2.24) is 15.1 Å². The molecule has 17 heteroatoms. The third-order valence-electron chi connectivity index (χ3n) is 11.9. The number of benzene rings is 4. The summed E-state index contributed by atoms with van der Waals surface area (Å²) in [7, 11) is 0. The van der Waals surface area contributed by atoms with Gasteiger partial charge in [0.25, 0.3) is 5.91 Å². The first kappa shape index (κ1) is 47.9. The first-order valence-corrected chi connectivity index (χ1v) is 22.0. The summed E-state index contributed by atoms with van der Waals surface area (Å²) in [6.07, 6.45) is -5.29. The van der Waals surface area contributed by atoms with Crippen molar-refractivity contribution in [3.05, 3.63) is 119 Å². The minimum absolute atomic E-state index is 0.0407. The van der Waals surface area contributed by atoms with Crippen molar-refractivity contribution in [2.24, 2.45) is 5.73 Å². The summed E-state index contributed by atoms with van der Waals surface area (Å²) in [5.41, 5.74) is 5.86. The Labute approximate surface area is 372 Å². The molecule has 4 fully saturated rings. The molecule has 0 radical (unpaired) electrons. The molecule has 65 heavy (non-hydrogen) atoms. The SMILES string of the molecule is N[C@H](CN1CCCC1)C(O)c1ccc(OC2CC2)c(C(F)(F)F)c1.O=C(N[C@H](CN1CCCC1)[C@H](O)c1ccc(OC2CC2)c(C(F)(F)F)c1)C(=O)c1ccc(-c2ccc(F)cc2)cc1. The number of nitrogens with one attached hydrogen (secondary N) is 1. The van der Waals surface area contributed by atoms with Crippen LogP contribution in [-0.2, 0) is 17.1 Å². The highest BCUT2D eigenvalue weighted by Gasteiger charge is 2.39. The number of hydrogen-bond acceptors (Lipinski definition) is 9. The summed E-state index contributed by atoms with van der Waals surface area (Å²) in [6, 6.07) is 17.5. The molecule has 10 nitrogen and oxygen atoms in total. The highest BCUT2D eigenvalue weighted by Crippen LogP contribution is 2.42. The number of carbonyl (C=O) groups excluding carboxylic acids is 2. The number of ether oxygens (including phenoxy) is 2. The van der Waals surface area contributed by atoms with Crippen LogP contribution < -0.4 is 20.5 Å². The van der Waals surface area contributed by atoms with E-state index in [-0.39, 0.29) is 52.8 Å². The highest BCUT2D eigenvalue weighted by molar-refractivity contribution is 6.42. The fraction of sp³-hybridized carbons (Fsp3) is 0.458. The first-order chi connectivity index (χ1) is 30.9. The zero-order valence-electron chi connectivity index (χ0n) is 35.6. The lowest BCUT2D eigenvalue weighted by Gasteiger charge is -2.29. The molecule has 4 aliphatic rings. The number of rotatable bonds is 16. The van der Waals surface area contributed by atoms with Crippen molar-refractivity contribution in [3.8, 4) is 22.6 Å². The van der Waals surface area contributed by atoms with Gasteiger partial charge in [-0.1, -0.05) is 48.5 Å². The predicted molar refractivity (Wildman–Crippen MR) is 228 cm³/mol. The van der Waals surface area contributed by atoms with Gasteiger partial charge in [0, 0.05) is 24.7 Å². The second kappa shape index (κ2) is 20.6. The van der Waals surface area contributed by atoms with E-state index in [1.165, 1.54) is 48.5 Å². The Bertz CT molecular complexity index is 2240. The maximum Gasteiger partial charge on any atom is 0.419 e. The van der Waals surface area contributed by atoms with Crippen LogP contribution in [0.5, 0.6) is 11.5 Å². The van der Waals surface area contributed by atoms with Crippen LogP contribution in [0.25, 0.3) is 11.1 Å². The number of nitrogens with zero attached hydrogens (tertiary/aromatic N) is 2. The molecule has 2 aliphatic carbocycles. The average Bonchev–Trinajstić information content (AvgIpc) is 4.17. The zero-order chi connectivity index (χ0) is 46.5. The topological polar surface area (TPSA) is 138 Å². The number of ketones is 1. The van der Waals surface area contributed by atoms with Crippen LogP contribution in [0.1, 0.15) is 96.2 Å². The van der Waals surface area contributed by atoms with Crippen molar-refractivity contribution in [2.45, 2.75) is 100 Å². The Kier molecular flexibility index (Phi) is 15.2. The summed E-state index contributed by atoms with van der Waals surface area (Å²) in [4.78, 5) is 30.1. The number of halogens is 7. The van der Waals surface area contributed by atoms with E-state index >= 15 is 0 Å². The molecule has 5 N–H and O–H groups in total. The molecule has 1 amide bonds. The summed E-state index contributed by atoms with van der Waals surface area (Å²) < 4.78 is 105. The van der Waals surface area contributed by atoms with Crippen LogP contribution in [0, 0.1) is 5.82 Å². The predicted octanol–water partition coefficient (Wildman–Crippen LogP) is 8.25. The van der Waals surface area contributed by atoms with Crippen molar-refractivity contribution >= 4 is 11.7 Å². The van der Waals surface area contributed by atoms with E-state index < -0.39 is 59.5 Å². The minimum Gasteiger partial charge on any atom is -0.490 e. The molecule has 2 saturated carbocycles. The minimum atomic E-state index is -4.70. The van der Waals surface area contributed by atoms with Gasteiger partial charge in [0.15, 0.2) is 0 Å². The molecule has 4 aromatic rings. The lowest BCUT2D eigenvalue weighted by molar-refractivity contribution is -0.140. The van der Waals surface area contributed by atoms with Crippen LogP contribution in [-0.4, -0.2) is 95.3 Å². The Morgan fingerprint density at radius 2 is 1.08 bits per heavy atom. The van der Waals surface area contributed by atoms with Crippen molar-refractivity contribution in [2.75, 3.05) is 39.3 Å². The maximum absolute atomic E-state index is 13.8. The number of nitrogens with two attached hydrogens (primary N) is 1. The summed E-state index contributed by atoms with van der Waals surface area (Å²) in [5, 5.41) is 24.2. The van der Waals surface area contributed by atoms with Crippen LogP contribution in [0.4, 0.5) is 30.7 Å². The number of aliphatic hydroxyl groups excluding tert-OH is 2. The van der Waals surface area contributed by atoms with Gasteiger partial charge in [0.1, 0.15) is 23.4 Å². The van der Waals surface area contributed by atoms with Gasteiger partial charge in [-0.05, 0) is 136 Å². The van der Waals surface area contributed by atoms with Gasteiger partial charge in [-0.25, -0.2) is 4.39 Å². The largest absolute Gasteiger partial charge is 0.490 e. The highest BCUT2D eigenvalue weighted by atomic mass is 19.4. The molecule has 0 spiro atoms. The molecule has 1 unspecified atom stereocenters. The van der Waals surface area contributed by atoms with E-state index in [0.29, 0.717) is 32.5 Å². The van der Waals surface area contributed by atoms with Gasteiger partial charge in [-0.3, -0.25) is 9.59 Å². The molecule has 4 aromatic carbocycles. The third kappa shape index (κ3) is 13.1. The van der Waals surface area contributed by atoms with Gasteiger partial charge in [-0.15, -0.1) is 0 Å². The number of hydrogen-bond donors (Lipinski definition) is 4. The lowest BCUT2D eigenvalue weighted by atomic mass is 9.98. The molecule has 2 aliphatic heterocycles. The summed E-state index contributed by atoms with van der Waals surface area (Å²) in [5.74, 6) is -2.67. The van der Waals surface area contributed by atoms with E-state index in [0.717, 1.165) is 74.9 Å². The standard InChI is InChI=1S/C31H30F4N2O4.C17H23F3N2O2/c32-23-10-7-20(8-11-23)19-3-5-21(6-4-19)29(39)30(40)36-26(18-37-15-1-2-16-37)28(38)22-9-14-27(41-24-12-13-24)25(17-22)31(33,34)35;18-17(19,20)13-9-11(3-6-15(13)24-12-4-5-12)16(23)14(21)10-22-7-1-2-8-22/h3-11,14,17,24,26,28,38H,1-2,12-13,15-16,18H2,(H,36,40);3,6,9,12,14,16,23H,1-2,4-5,7-8,10,21H2/t26-,28-;14-,16?/m11/s1. The molecule has 350 valence electrons. The number of Topliss-reactive ketones (excluding diaryl/α,β-unsaturated/α-hetero) is 1. The number of carbonyl (C=O) groups is 2. The number of likely N-dealkylation sites (tertiary alicyclic amines) is 2. The zero-order valence-corrected chi connectivity index (χ0v) is 35.6. The number of amides is 1. The summed E-state index contributed by atoms with van der Waals surface area (Å²) in [6.45, 7) is 3.89. The van der Waals surface area contributed by atoms with E-state index in [1.54, 1.807) is 24.3 Å².